The molecule has 98 valence electrons. The topological polar surface area (TPSA) is 53.4 Å². The Morgan fingerprint density at radius 1 is 1.32 bits per heavy atom. The average molecular weight is 260 g/mol. The minimum atomic E-state index is -1.03. The number of nitrogens with zero attached hydrogens (tertiary/aromatic N) is 2. The van der Waals surface area contributed by atoms with Crippen LogP contribution in [0.4, 0.5) is 15.9 Å². The standard InChI is InChI=1S/C14H13FN2O2/c1-2-17(12-6-4-3-5-11(12)15)13-8-7-10(9-16-13)14(18)19/h3-9H,2H2,1H3,(H,18,19). The third-order valence-electron chi connectivity index (χ3n) is 2.73. The molecule has 0 spiro atoms. The highest BCUT2D eigenvalue weighted by Crippen LogP contribution is 2.25. The lowest BCUT2D eigenvalue weighted by atomic mass is 10.2. The fourth-order valence-electron chi connectivity index (χ4n) is 1.80. The summed E-state index contributed by atoms with van der Waals surface area (Å²) in [6.07, 6.45) is 1.27. The van der Waals surface area contributed by atoms with E-state index in [9.17, 15) is 9.18 Å². The van der Waals surface area contributed by atoms with E-state index in [-0.39, 0.29) is 11.4 Å². The lowest BCUT2D eigenvalue weighted by Crippen LogP contribution is -2.18. The van der Waals surface area contributed by atoms with Crippen LogP contribution in [0.15, 0.2) is 42.6 Å². The monoisotopic (exact) mass is 260 g/mol. The Bertz CT molecular complexity index is 584. The van der Waals surface area contributed by atoms with Gasteiger partial charge in [0.1, 0.15) is 11.6 Å². The normalized spacial score (nSPS) is 10.2. The van der Waals surface area contributed by atoms with Crippen molar-refractivity contribution in [1.82, 2.24) is 4.98 Å². The molecule has 0 amide bonds. The van der Waals surface area contributed by atoms with Gasteiger partial charge in [-0.2, -0.15) is 0 Å². The average Bonchev–Trinajstić information content (AvgIpc) is 2.42. The molecule has 2 aromatic rings. The van der Waals surface area contributed by atoms with Gasteiger partial charge in [-0.1, -0.05) is 12.1 Å². The number of pyridine rings is 1. The van der Waals surface area contributed by atoms with Crippen molar-refractivity contribution in [3.63, 3.8) is 0 Å². The molecule has 1 heterocycles. The first-order chi connectivity index (χ1) is 9.13. The summed E-state index contributed by atoms with van der Waals surface area (Å²) >= 11 is 0. The predicted molar refractivity (Wildman–Crippen MR) is 70.3 cm³/mol. The molecule has 0 radical (unpaired) electrons. The first-order valence-corrected chi connectivity index (χ1v) is 5.85. The maximum Gasteiger partial charge on any atom is 0.337 e. The number of carbonyl (C=O) groups is 1. The zero-order valence-corrected chi connectivity index (χ0v) is 10.4. The summed E-state index contributed by atoms with van der Waals surface area (Å²) in [5, 5.41) is 8.82. The Balaban J connectivity index is 2.37. The number of hydrogen-bond donors (Lipinski definition) is 1. The number of halogens is 1. The van der Waals surface area contributed by atoms with Crippen LogP contribution in [-0.2, 0) is 0 Å². The van der Waals surface area contributed by atoms with Crippen LogP contribution in [0.5, 0.6) is 0 Å². The largest absolute Gasteiger partial charge is 0.478 e. The fourth-order valence-corrected chi connectivity index (χ4v) is 1.80. The second-order valence-corrected chi connectivity index (χ2v) is 3.91. The van der Waals surface area contributed by atoms with E-state index in [0.717, 1.165) is 0 Å². The number of rotatable bonds is 4. The molecular weight excluding hydrogens is 247 g/mol. The first kappa shape index (κ1) is 13.0. The summed E-state index contributed by atoms with van der Waals surface area (Å²) in [6, 6.07) is 9.42. The Hall–Kier alpha value is -2.43. The highest BCUT2D eigenvalue weighted by Gasteiger charge is 2.13. The highest BCUT2D eigenvalue weighted by molar-refractivity contribution is 5.87. The molecule has 1 aromatic heterocycles. The summed E-state index contributed by atoms with van der Waals surface area (Å²) in [7, 11) is 0. The molecule has 0 unspecified atom stereocenters. The molecule has 0 aliphatic rings. The van der Waals surface area contributed by atoms with Crippen LogP contribution >= 0.6 is 0 Å². The second-order valence-electron chi connectivity index (χ2n) is 3.91. The quantitative estimate of drug-likeness (QED) is 0.917. The third kappa shape index (κ3) is 2.70. The molecular formula is C14H13FN2O2. The molecule has 0 bridgehead atoms. The van der Waals surface area contributed by atoms with Gasteiger partial charge in [-0.05, 0) is 31.2 Å². The van der Waals surface area contributed by atoms with E-state index in [1.807, 2.05) is 6.92 Å². The van der Waals surface area contributed by atoms with Gasteiger partial charge in [-0.3, -0.25) is 0 Å². The molecule has 1 aromatic carbocycles. The molecule has 4 nitrogen and oxygen atoms in total. The third-order valence-corrected chi connectivity index (χ3v) is 2.73. The van der Waals surface area contributed by atoms with Crippen LogP contribution in [0.3, 0.4) is 0 Å². The van der Waals surface area contributed by atoms with E-state index in [2.05, 4.69) is 4.98 Å². The number of aromatic carboxylic acids is 1. The van der Waals surface area contributed by atoms with Crippen LogP contribution in [0.25, 0.3) is 0 Å². The van der Waals surface area contributed by atoms with Crippen LogP contribution in [0.1, 0.15) is 17.3 Å². The van der Waals surface area contributed by atoms with Crippen molar-refractivity contribution in [3.8, 4) is 0 Å². The van der Waals surface area contributed by atoms with Crippen molar-refractivity contribution >= 4 is 17.5 Å². The number of aromatic nitrogens is 1. The molecule has 2 rings (SSSR count). The molecule has 0 aliphatic heterocycles. The van der Waals surface area contributed by atoms with Crippen molar-refractivity contribution in [2.45, 2.75) is 6.92 Å². The maximum absolute atomic E-state index is 13.8. The minimum absolute atomic E-state index is 0.105. The van der Waals surface area contributed by atoms with Crippen LogP contribution in [0.2, 0.25) is 0 Å². The first-order valence-electron chi connectivity index (χ1n) is 5.85. The van der Waals surface area contributed by atoms with E-state index in [1.165, 1.54) is 18.3 Å². The van der Waals surface area contributed by atoms with E-state index in [4.69, 9.17) is 5.11 Å². The predicted octanol–water partition coefficient (Wildman–Crippen LogP) is 3.08. The zero-order valence-electron chi connectivity index (χ0n) is 10.4. The SMILES string of the molecule is CCN(c1ccc(C(=O)O)cn1)c1ccccc1F. The van der Waals surface area contributed by atoms with Gasteiger partial charge < -0.3 is 10.0 Å². The van der Waals surface area contributed by atoms with Crippen molar-refractivity contribution < 1.29 is 14.3 Å². The smallest absolute Gasteiger partial charge is 0.337 e. The van der Waals surface area contributed by atoms with Crippen LogP contribution in [0, 0.1) is 5.82 Å². The molecule has 0 saturated heterocycles. The Morgan fingerprint density at radius 2 is 2.05 bits per heavy atom. The van der Waals surface area contributed by atoms with Crippen molar-refractivity contribution in [1.29, 1.82) is 0 Å². The molecule has 0 saturated carbocycles. The van der Waals surface area contributed by atoms with Crippen LogP contribution < -0.4 is 4.90 Å². The van der Waals surface area contributed by atoms with Crippen molar-refractivity contribution in [3.05, 3.63) is 54.0 Å². The molecule has 0 aliphatic carbocycles. The second kappa shape index (κ2) is 5.48. The Labute approximate surface area is 110 Å². The van der Waals surface area contributed by atoms with Gasteiger partial charge in [0.25, 0.3) is 0 Å². The number of hydrogen-bond acceptors (Lipinski definition) is 3. The van der Waals surface area contributed by atoms with Gasteiger partial charge in [0.2, 0.25) is 0 Å². The van der Waals surface area contributed by atoms with E-state index in [1.54, 1.807) is 29.2 Å². The molecule has 19 heavy (non-hydrogen) atoms. The van der Waals surface area contributed by atoms with Gasteiger partial charge in [0.15, 0.2) is 0 Å². The van der Waals surface area contributed by atoms with Crippen LogP contribution in [-0.4, -0.2) is 22.6 Å². The minimum Gasteiger partial charge on any atom is -0.478 e. The van der Waals surface area contributed by atoms with E-state index < -0.39 is 5.97 Å². The van der Waals surface area contributed by atoms with Gasteiger partial charge in [0, 0.05) is 12.7 Å². The molecule has 1 N–H and O–H groups in total. The lowest BCUT2D eigenvalue weighted by molar-refractivity contribution is 0.0696. The summed E-state index contributed by atoms with van der Waals surface area (Å²) in [4.78, 5) is 16.5. The van der Waals surface area contributed by atoms with Gasteiger partial charge >= 0.3 is 5.97 Å². The van der Waals surface area contributed by atoms with E-state index >= 15 is 0 Å². The van der Waals surface area contributed by atoms with Crippen molar-refractivity contribution in [2.75, 3.05) is 11.4 Å². The fraction of sp³-hybridized carbons (Fsp3) is 0.143. The van der Waals surface area contributed by atoms with E-state index in [0.29, 0.717) is 18.1 Å². The molecule has 0 atom stereocenters. The number of para-hydroxylation sites is 1. The van der Waals surface area contributed by atoms with Gasteiger partial charge in [-0.25, -0.2) is 14.2 Å². The summed E-state index contributed by atoms with van der Waals surface area (Å²) in [6.45, 7) is 2.40. The summed E-state index contributed by atoms with van der Waals surface area (Å²) in [5.74, 6) is -0.862. The summed E-state index contributed by atoms with van der Waals surface area (Å²) < 4.78 is 13.8. The Kier molecular flexibility index (Phi) is 3.75. The zero-order chi connectivity index (χ0) is 13.8. The Morgan fingerprint density at radius 3 is 2.58 bits per heavy atom. The highest BCUT2D eigenvalue weighted by atomic mass is 19.1. The molecule has 5 heteroatoms. The number of anilines is 2. The number of carboxylic acid groups (broad SMARTS) is 1. The number of carboxylic acids is 1. The molecule has 0 fully saturated rings. The lowest BCUT2D eigenvalue weighted by Gasteiger charge is -2.22. The number of benzene rings is 1. The van der Waals surface area contributed by atoms with Crippen molar-refractivity contribution in [2.24, 2.45) is 0 Å². The van der Waals surface area contributed by atoms with Gasteiger partial charge in [0.05, 0.1) is 11.3 Å². The van der Waals surface area contributed by atoms with Gasteiger partial charge in [-0.15, -0.1) is 0 Å². The maximum atomic E-state index is 13.8. The summed E-state index contributed by atoms with van der Waals surface area (Å²) in [5.41, 5.74) is 0.522.